The molecule has 1 aromatic heterocycles. The maximum atomic E-state index is 12.1. The van der Waals surface area contributed by atoms with Crippen LogP contribution in [0.4, 0.5) is 4.79 Å². The topological polar surface area (TPSA) is 51.7 Å². The van der Waals surface area contributed by atoms with E-state index in [1.165, 1.54) is 27.8 Å². The second kappa shape index (κ2) is 9.09. The van der Waals surface area contributed by atoms with Gasteiger partial charge in [0.25, 0.3) is 0 Å². The van der Waals surface area contributed by atoms with Crippen LogP contribution in [0.2, 0.25) is 5.02 Å². The number of hydrogen-bond acceptors (Lipinski definition) is 4. The zero-order valence-corrected chi connectivity index (χ0v) is 18.3. The Labute approximate surface area is 182 Å². The Bertz CT molecular complexity index is 976. The molecular weight excluding hydrogens is 400 g/mol. The van der Waals surface area contributed by atoms with Gasteiger partial charge in [0.2, 0.25) is 5.88 Å². The molecule has 30 heavy (non-hydrogen) atoms. The van der Waals surface area contributed by atoms with Gasteiger partial charge in [0, 0.05) is 29.8 Å². The van der Waals surface area contributed by atoms with Crippen LogP contribution in [0.1, 0.15) is 49.1 Å². The summed E-state index contributed by atoms with van der Waals surface area (Å²) >= 11 is 6.32. The molecule has 1 aliphatic heterocycles. The highest BCUT2D eigenvalue weighted by Gasteiger charge is 2.27. The highest BCUT2D eigenvalue weighted by atomic mass is 35.5. The van der Waals surface area contributed by atoms with Crippen LogP contribution in [0.15, 0.2) is 35.9 Å². The van der Waals surface area contributed by atoms with Crippen molar-refractivity contribution in [2.24, 2.45) is 0 Å². The first-order chi connectivity index (χ1) is 14.6. The van der Waals surface area contributed by atoms with Crippen LogP contribution in [-0.2, 0) is 17.6 Å². The van der Waals surface area contributed by atoms with Crippen molar-refractivity contribution in [1.29, 1.82) is 0 Å². The van der Waals surface area contributed by atoms with Gasteiger partial charge in [0.1, 0.15) is 0 Å². The summed E-state index contributed by atoms with van der Waals surface area (Å²) in [6, 6.07) is 10.2. The monoisotopic (exact) mass is 426 g/mol. The van der Waals surface area contributed by atoms with Crippen molar-refractivity contribution in [1.82, 2.24) is 9.88 Å². The van der Waals surface area contributed by atoms with E-state index >= 15 is 0 Å². The van der Waals surface area contributed by atoms with E-state index in [-0.39, 0.29) is 6.09 Å². The molecule has 1 amide bonds. The van der Waals surface area contributed by atoms with Crippen molar-refractivity contribution in [3.8, 4) is 5.88 Å². The van der Waals surface area contributed by atoms with E-state index in [1.807, 2.05) is 26.0 Å². The van der Waals surface area contributed by atoms with Crippen LogP contribution < -0.4 is 4.74 Å². The highest BCUT2D eigenvalue weighted by Crippen LogP contribution is 2.39. The van der Waals surface area contributed by atoms with Crippen molar-refractivity contribution in [2.75, 3.05) is 26.3 Å². The molecule has 1 fully saturated rings. The Hall–Kier alpha value is -2.53. The first kappa shape index (κ1) is 20.7. The molecule has 0 N–H and O–H groups in total. The van der Waals surface area contributed by atoms with Gasteiger partial charge in [0.05, 0.1) is 18.9 Å². The van der Waals surface area contributed by atoms with Gasteiger partial charge < -0.3 is 14.4 Å². The number of rotatable bonds is 3. The number of pyridine rings is 1. The average Bonchev–Trinajstić information content (AvgIpc) is 2.90. The molecule has 158 valence electrons. The van der Waals surface area contributed by atoms with Crippen LogP contribution in [0, 0.1) is 0 Å². The number of aromatic nitrogens is 1. The fourth-order valence-electron chi connectivity index (χ4n) is 4.31. The van der Waals surface area contributed by atoms with Crippen molar-refractivity contribution in [2.45, 2.75) is 39.5 Å². The summed E-state index contributed by atoms with van der Waals surface area (Å²) in [4.78, 5) is 18.8. The minimum atomic E-state index is -0.230. The zero-order valence-electron chi connectivity index (χ0n) is 17.5. The molecule has 0 radical (unpaired) electrons. The standard InChI is InChI=1S/C24H27ClN2O3/c1-3-29-21-10-7-17-5-6-18-15-19(25)8-9-20(18)22(23(17)26-21)16-11-13-27(14-12-16)24(28)30-4-2/h7-10,15H,3-6,11-14H2,1-2H3. The van der Waals surface area contributed by atoms with E-state index in [0.29, 0.717) is 32.2 Å². The summed E-state index contributed by atoms with van der Waals surface area (Å²) in [5.74, 6) is 0.649. The summed E-state index contributed by atoms with van der Waals surface area (Å²) in [6.07, 6.45) is 3.21. The fraction of sp³-hybridized carbons (Fsp3) is 0.417. The SMILES string of the molecule is CCOC(=O)N1CCC(=C2c3ccc(Cl)cc3CCc3ccc(OCC)nc32)CC1. The Morgan fingerprint density at radius 2 is 1.80 bits per heavy atom. The van der Waals surface area contributed by atoms with E-state index < -0.39 is 0 Å². The summed E-state index contributed by atoms with van der Waals surface area (Å²) in [5, 5.41) is 0.754. The summed E-state index contributed by atoms with van der Waals surface area (Å²) in [7, 11) is 0. The van der Waals surface area contributed by atoms with Gasteiger partial charge in [-0.25, -0.2) is 9.78 Å². The van der Waals surface area contributed by atoms with Crippen molar-refractivity contribution in [3.63, 3.8) is 0 Å². The predicted octanol–water partition coefficient (Wildman–Crippen LogP) is 5.29. The molecule has 0 atom stereocenters. The molecule has 2 aromatic rings. The van der Waals surface area contributed by atoms with Gasteiger partial charge >= 0.3 is 6.09 Å². The number of halogens is 1. The van der Waals surface area contributed by atoms with Gasteiger partial charge in [-0.1, -0.05) is 29.3 Å². The van der Waals surface area contributed by atoms with E-state index in [0.717, 1.165) is 36.4 Å². The van der Waals surface area contributed by atoms with Gasteiger partial charge in [-0.3, -0.25) is 0 Å². The quantitative estimate of drug-likeness (QED) is 0.669. The van der Waals surface area contributed by atoms with Crippen LogP contribution in [0.5, 0.6) is 5.88 Å². The van der Waals surface area contributed by atoms with Gasteiger partial charge in [-0.15, -0.1) is 0 Å². The molecule has 0 unspecified atom stereocenters. The normalized spacial score (nSPS) is 15.9. The second-order valence-corrected chi connectivity index (χ2v) is 7.99. The van der Waals surface area contributed by atoms with Gasteiger partial charge in [-0.05, 0) is 68.4 Å². The minimum Gasteiger partial charge on any atom is -0.478 e. The maximum absolute atomic E-state index is 12.1. The summed E-state index contributed by atoms with van der Waals surface area (Å²) < 4.78 is 10.9. The van der Waals surface area contributed by atoms with Crippen molar-refractivity contribution >= 4 is 23.3 Å². The summed E-state index contributed by atoms with van der Waals surface area (Å²) in [5.41, 5.74) is 7.16. The predicted molar refractivity (Wildman–Crippen MR) is 118 cm³/mol. The first-order valence-electron chi connectivity index (χ1n) is 10.7. The molecule has 1 aliphatic carbocycles. The third-order valence-electron chi connectivity index (χ3n) is 5.73. The van der Waals surface area contributed by atoms with Crippen LogP contribution in [-0.4, -0.2) is 42.3 Å². The Kier molecular flexibility index (Phi) is 6.28. The van der Waals surface area contributed by atoms with Gasteiger partial charge in [0.15, 0.2) is 0 Å². The number of benzene rings is 1. The number of carbonyl (C=O) groups excluding carboxylic acids is 1. The second-order valence-electron chi connectivity index (χ2n) is 7.56. The molecule has 0 bridgehead atoms. The molecule has 4 rings (SSSR count). The molecule has 6 heteroatoms. The van der Waals surface area contributed by atoms with E-state index in [9.17, 15) is 4.79 Å². The number of amides is 1. The van der Waals surface area contributed by atoms with E-state index in [1.54, 1.807) is 4.90 Å². The Morgan fingerprint density at radius 1 is 1.03 bits per heavy atom. The van der Waals surface area contributed by atoms with Crippen molar-refractivity contribution in [3.05, 3.63) is 63.3 Å². The number of likely N-dealkylation sites (tertiary alicyclic amines) is 1. The average molecular weight is 427 g/mol. The number of piperidine rings is 1. The molecule has 5 nitrogen and oxygen atoms in total. The Balaban J connectivity index is 1.78. The highest BCUT2D eigenvalue weighted by molar-refractivity contribution is 6.30. The third-order valence-corrected chi connectivity index (χ3v) is 5.96. The molecule has 0 saturated carbocycles. The maximum Gasteiger partial charge on any atom is 0.409 e. The largest absolute Gasteiger partial charge is 0.478 e. The lowest BCUT2D eigenvalue weighted by atomic mass is 9.88. The molecule has 1 aromatic carbocycles. The number of nitrogens with zero attached hydrogens (tertiary/aromatic N) is 2. The molecular formula is C24H27ClN2O3. The van der Waals surface area contributed by atoms with E-state index in [2.05, 4.69) is 18.2 Å². The lowest BCUT2D eigenvalue weighted by molar-refractivity contribution is 0.104. The summed E-state index contributed by atoms with van der Waals surface area (Å²) in [6.45, 7) is 6.09. The van der Waals surface area contributed by atoms with E-state index in [4.69, 9.17) is 26.1 Å². The molecule has 1 saturated heterocycles. The number of ether oxygens (including phenoxy) is 2. The lowest BCUT2D eigenvalue weighted by Crippen LogP contribution is -2.37. The number of hydrogen-bond donors (Lipinski definition) is 0. The zero-order chi connectivity index (χ0) is 21.1. The number of carbonyl (C=O) groups is 1. The van der Waals surface area contributed by atoms with Gasteiger partial charge in [-0.2, -0.15) is 0 Å². The molecule has 2 aliphatic rings. The van der Waals surface area contributed by atoms with Crippen LogP contribution in [0.3, 0.4) is 0 Å². The lowest BCUT2D eigenvalue weighted by Gasteiger charge is -2.29. The number of fused-ring (bicyclic) bond motifs is 2. The molecule has 2 heterocycles. The third kappa shape index (κ3) is 4.17. The number of aryl methyl sites for hydroxylation is 2. The minimum absolute atomic E-state index is 0.230. The van der Waals surface area contributed by atoms with Crippen LogP contribution >= 0.6 is 11.6 Å². The fourth-order valence-corrected chi connectivity index (χ4v) is 4.50. The van der Waals surface area contributed by atoms with Crippen molar-refractivity contribution < 1.29 is 14.3 Å². The van der Waals surface area contributed by atoms with Crippen LogP contribution in [0.25, 0.3) is 5.57 Å². The Morgan fingerprint density at radius 3 is 2.53 bits per heavy atom. The smallest absolute Gasteiger partial charge is 0.409 e. The molecule has 0 spiro atoms. The first-order valence-corrected chi connectivity index (χ1v) is 11.0.